The van der Waals surface area contributed by atoms with E-state index in [-0.39, 0.29) is 38.1 Å². The fourth-order valence-corrected chi connectivity index (χ4v) is 3.62. The van der Waals surface area contributed by atoms with Gasteiger partial charge in [-0.2, -0.15) is 0 Å². The summed E-state index contributed by atoms with van der Waals surface area (Å²) in [6.07, 6.45) is 4.87. The van der Waals surface area contributed by atoms with Crippen molar-refractivity contribution in [2.24, 2.45) is 10.9 Å². The quantitative estimate of drug-likeness (QED) is 0.712. The van der Waals surface area contributed by atoms with Crippen LogP contribution in [0.3, 0.4) is 0 Å². The lowest BCUT2D eigenvalue weighted by molar-refractivity contribution is -0.137. The number of urea groups is 1. The summed E-state index contributed by atoms with van der Waals surface area (Å²) >= 11 is 0. The first-order valence-electron chi connectivity index (χ1n) is 8.96. The molecule has 144 valence electrons. The summed E-state index contributed by atoms with van der Waals surface area (Å²) in [5.41, 5.74) is 0.347. The number of carboxylic acids is 1. The van der Waals surface area contributed by atoms with E-state index in [1.165, 1.54) is 4.90 Å². The van der Waals surface area contributed by atoms with Crippen LogP contribution in [0.2, 0.25) is 0 Å². The SMILES string of the molecule is O=C(O)CCN1CCN(CC(F)(F)CC2=NC3NCCCC3C=C2)C1=O. The molecule has 0 aliphatic carbocycles. The zero-order chi connectivity index (χ0) is 18.7. The van der Waals surface area contributed by atoms with Gasteiger partial charge in [-0.25, -0.2) is 13.6 Å². The van der Waals surface area contributed by atoms with E-state index in [1.54, 1.807) is 6.08 Å². The number of hydrogen-bond donors (Lipinski definition) is 2. The van der Waals surface area contributed by atoms with Crippen LogP contribution in [0.25, 0.3) is 0 Å². The standard InChI is InChI=1S/C17H24F2N4O3/c18-17(19,10-13-4-3-12-2-1-6-20-15(12)21-13)11-23-9-8-22(16(23)26)7-5-14(24)25/h3-4,12,15,20H,1-2,5-11H2,(H,24,25). The van der Waals surface area contributed by atoms with Gasteiger partial charge < -0.3 is 14.9 Å². The highest BCUT2D eigenvalue weighted by Gasteiger charge is 2.39. The summed E-state index contributed by atoms with van der Waals surface area (Å²) < 4.78 is 28.9. The lowest BCUT2D eigenvalue weighted by Crippen LogP contribution is -2.43. The highest BCUT2D eigenvalue weighted by atomic mass is 19.3. The molecule has 2 saturated heterocycles. The van der Waals surface area contributed by atoms with Crippen molar-refractivity contribution in [2.45, 2.75) is 37.8 Å². The van der Waals surface area contributed by atoms with Crippen LogP contribution in [-0.4, -0.2) is 77.4 Å². The van der Waals surface area contributed by atoms with Gasteiger partial charge in [-0.15, -0.1) is 0 Å². The number of amides is 2. The third-order valence-electron chi connectivity index (χ3n) is 4.95. The Morgan fingerprint density at radius 3 is 2.92 bits per heavy atom. The molecule has 0 radical (unpaired) electrons. The van der Waals surface area contributed by atoms with Crippen LogP contribution in [-0.2, 0) is 4.79 Å². The first-order valence-corrected chi connectivity index (χ1v) is 8.96. The van der Waals surface area contributed by atoms with Crippen molar-refractivity contribution in [1.82, 2.24) is 15.1 Å². The van der Waals surface area contributed by atoms with Gasteiger partial charge in [0.25, 0.3) is 5.92 Å². The van der Waals surface area contributed by atoms with Crippen molar-refractivity contribution < 1.29 is 23.5 Å². The van der Waals surface area contributed by atoms with Crippen molar-refractivity contribution in [1.29, 1.82) is 0 Å². The molecule has 0 aromatic heterocycles. The molecule has 0 spiro atoms. The largest absolute Gasteiger partial charge is 0.481 e. The second-order valence-electron chi connectivity index (χ2n) is 7.05. The summed E-state index contributed by atoms with van der Waals surface area (Å²) in [5.74, 6) is -3.83. The first-order chi connectivity index (χ1) is 12.3. The van der Waals surface area contributed by atoms with Gasteiger partial charge in [0.2, 0.25) is 0 Å². The number of rotatable bonds is 7. The number of carboxylic acid groups (broad SMARTS) is 1. The molecule has 3 aliphatic rings. The molecule has 2 unspecified atom stereocenters. The fourth-order valence-electron chi connectivity index (χ4n) is 3.62. The molecule has 0 bridgehead atoms. The van der Waals surface area contributed by atoms with E-state index in [9.17, 15) is 18.4 Å². The molecule has 2 N–H and O–H groups in total. The first kappa shape index (κ1) is 18.8. The highest BCUT2D eigenvalue weighted by molar-refractivity contribution is 5.96. The van der Waals surface area contributed by atoms with Gasteiger partial charge in [0.05, 0.1) is 19.4 Å². The molecule has 3 rings (SSSR count). The van der Waals surface area contributed by atoms with Crippen LogP contribution in [0.15, 0.2) is 17.1 Å². The lowest BCUT2D eigenvalue weighted by atomic mass is 9.92. The Labute approximate surface area is 150 Å². The average Bonchev–Trinajstić information content (AvgIpc) is 2.92. The second-order valence-corrected chi connectivity index (χ2v) is 7.05. The molecule has 7 nitrogen and oxygen atoms in total. The normalized spacial score (nSPS) is 26.1. The van der Waals surface area contributed by atoms with Crippen LogP contribution < -0.4 is 5.32 Å². The Kier molecular flexibility index (Phi) is 5.55. The number of carbonyl (C=O) groups is 2. The van der Waals surface area contributed by atoms with Crippen molar-refractivity contribution in [3.63, 3.8) is 0 Å². The molecule has 0 saturated carbocycles. The van der Waals surface area contributed by atoms with Crippen molar-refractivity contribution in [3.05, 3.63) is 12.2 Å². The average molecular weight is 370 g/mol. The summed E-state index contributed by atoms with van der Waals surface area (Å²) in [6, 6.07) is -0.527. The molecule has 9 heteroatoms. The lowest BCUT2D eigenvalue weighted by Gasteiger charge is -2.31. The number of nitrogens with one attached hydrogen (secondary N) is 1. The number of nitrogens with zero attached hydrogens (tertiary/aromatic N) is 3. The van der Waals surface area contributed by atoms with Crippen LogP contribution >= 0.6 is 0 Å². The predicted octanol–water partition coefficient (Wildman–Crippen LogP) is 1.56. The number of halogens is 2. The number of hydrogen-bond acceptors (Lipinski definition) is 4. The maximum absolute atomic E-state index is 14.5. The topological polar surface area (TPSA) is 85.2 Å². The van der Waals surface area contributed by atoms with Gasteiger partial charge in [-0.1, -0.05) is 6.08 Å². The van der Waals surface area contributed by atoms with Gasteiger partial charge in [0.1, 0.15) is 6.17 Å². The number of alkyl halides is 2. The number of aliphatic imine (C=N–C) groups is 1. The maximum atomic E-state index is 14.5. The minimum atomic E-state index is -3.08. The predicted molar refractivity (Wildman–Crippen MR) is 91.4 cm³/mol. The Hall–Kier alpha value is -2.03. The number of aliphatic carboxylic acids is 1. The number of carbonyl (C=O) groups excluding carboxylic acids is 1. The van der Waals surface area contributed by atoms with Gasteiger partial charge in [-0.3, -0.25) is 15.1 Å². The number of allylic oxidation sites excluding steroid dienone is 1. The number of dihydropyridines is 1. The Bertz CT molecular complexity index is 623. The molecule has 0 aromatic carbocycles. The van der Waals surface area contributed by atoms with E-state index in [0.717, 1.165) is 24.3 Å². The highest BCUT2D eigenvalue weighted by Crippen LogP contribution is 2.28. The fraction of sp³-hybridized carbons (Fsp3) is 0.706. The molecule has 3 aliphatic heterocycles. The third-order valence-corrected chi connectivity index (χ3v) is 4.95. The van der Waals surface area contributed by atoms with Gasteiger partial charge in [0.15, 0.2) is 0 Å². The number of piperidine rings is 1. The van der Waals surface area contributed by atoms with Crippen molar-refractivity contribution in [3.8, 4) is 0 Å². The van der Waals surface area contributed by atoms with Crippen LogP contribution in [0.4, 0.5) is 13.6 Å². The molecule has 2 amide bonds. The van der Waals surface area contributed by atoms with Gasteiger partial charge in [-0.05, 0) is 25.5 Å². The summed E-state index contributed by atoms with van der Waals surface area (Å²) in [6.45, 7) is 0.667. The van der Waals surface area contributed by atoms with E-state index >= 15 is 0 Å². The third kappa shape index (κ3) is 4.57. The van der Waals surface area contributed by atoms with E-state index < -0.39 is 30.9 Å². The Morgan fingerprint density at radius 2 is 2.15 bits per heavy atom. The molecule has 2 fully saturated rings. The van der Waals surface area contributed by atoms with Crippen LogP contribution in [0.1, 0.15) is 25.7 Å². The van der Waals surface area contributed by atoms with Gasteiger partial charge in [0, 0.05) is 31.3 Å². The van der Waals surface area contributed by atoms with E-state index in [1.807, 2.05) is 6.08 Å². The number of fused-ring (bicyclic) bond motifs is 1. The van der Waals surface area contributed by atoms with Crippen LogP contribution in [0.5, 0.6) is 0 Å². The zero-order valence-corrected chi connectivity index (χ0v) is 14.5. The second kappa shape index (κ2) is 7.69. The minimum absolute atomic E-state index is 0.0421. The van der Waals surface area contributed by atoms with E-state index in [2.05, 4.69) is 10.3 Å². The van der Waals surface area contributed by atoms with E-state index in [0.29, 0.717) is 5.71 Å². The monoisotopic (exact) mass is 370 g/mol. The smallest absolute Gasteiger partial charge is 0.320 e. The Balaban J connectivity index is 1.54. The van der Waals surface area contributed by atoms with Crippen LogP contribution in [0, 0.1) is 5.92 Å². The van der Waals surface area contributed by atoms with Crippen molar-refractivity contribution in [2.75, 3.05) is 32.7 Å². The van der Waals surface area contributed by atoms with E-state index in [4.69, 9.17) is 5.11 Å². The minimum Gasteiger partial charge on any atom is -0.481 e. The van der Waals surface area contributed by atoms with Gasteiger partial charge >= 0.3 is 12.0 Å². The molecular formula is C17H24F2N4O3. The molecule has 0 aromatic rings. The maximum Gasteiger partial charge on any atom is 0.320 e. The Morgan fingerprint density at radius 1 is 1.38 bits per heavy atom. The van der Waals surface area contributed by atoms with Crippen molar-refractivity contribution >= 4 is 17.7 Å². The summed E-state index contributed by atoms with van der Waals surface area (Å²) in [7, 11) is 0. The summed E-state index contributed by atoms with van der Waals surface area (Å²) in [5, 5.41) is 11.9. The molecule has 26 heavy (non-hydrogen) atoms. The molecular weight excluding hydrogens is 346 g/mol. The molecule has 2 atom stereocenters. The molecule has 3 heterocycles. The zero-order valence-electron chi connectivity index (χ0n) is 14.5. The summed E-state index contributed by atoms with van der Waals surface area (Å²) in [4.78, 5) is 29.5.